The van der Waals surface area contributed by atoms with Gasteiger partial charge in [0.15, 0.2) is 5.13 Å². The SMILES string of the molecule is Cc1ccc(S(=O)(=O)N2CCCC2C(=O)N(Cc2ccccn2)c2nc3ccc(F)cc3s2)cc1. The van der Waals surface area contributed by atoms with Gasteiger partial charge in [0.25, 0.3) is 0 Å². The number of anilines is 1. The fourth-order valence-electron chi connectivity index (χ4n) is 4.20. The second-order valence-corrected chi connectivity index (χ2v) is 11.3. The van der Waals surface area contributed by atoms with E-state index in [2.05, 4.69) is 9.97 Å². The van der Waals surface area contributed by atoms with Gasteiger partial charge in [-0.2, -0.15) is 4.31 Å². The maximum atomic E-state index is 13.9. The highest BCUT2D eigenvalue weighted by atomic mass is 32.2. The van der Waals surface area contributed by atoms with E-state index in [1.807, 2.05) is 13.0 Å². The van der Waals surface area contributed by atoms with Gasteiger partial charge in [-0.25, -0.2) is 17.8 Å². The van der Waals surface area contributed by atoms with Crippen LogP contribution in [0.2, 0.25) is 0 Å². The lowest BCUT2D eigenvalue weighted by Gasteiger charge is -2.28. The number of fused-ring (bicyclic) bond motifs is 1. The lowest BCUT2D eigenvalue weighted by Crippen LogP contribution is -2.47. The molecule has 2 aromatic carbocycles. The predicted molar refractivity (Wildman–Crippen MR) is 133 cm³/mol. The number of aryl methyl sites for hydroxylation is 1. The monoisotopic (exact) mass is 510 g/mol. The van der Waals surface area contributed by atoms with Crippen LogP contribution in [0.25, 0.3) is 10.2 Å². The number of pyridine rings is 1. The van der Waals surface area contributed by atoms with Crippen LogP contribution in [0.1, 0.15) is 24.1 Å². The van der Waals surface area contributed by atoms with E-state index in [1.165, 1.54) is 32.7 Å². The standard InChI is InChI=1S/C25H23FN4O3S2/c1-17-7-10-20(11-8-17)35(32,33)30-14-4-6-22(30)24(31)29(16-19-5-2-3-13-27-19)25-28-21-12-9-18(26)15-23(21)34-25/h2-3,5,7-13,15,22H,4,6,14,16H2,1H3. The zero-order valence-corrected chi connectivity index (χ0v) is 20.6. The number of benzene rings is 2. The van der Waals surface area contributed by atoms with Crippen LogP contribution < -0.4 is 4.90 Å². The molecule has 1 saturated heterocycles. The molecule has 1 atom stereocenters. The first kappa shape index (κ1) is 23.5. The lowest BCUT2D eigenvalue weighted by atomic mass is 10.2. The molecule has 1 aliphatic rings. The summed E-state index contributed by atoms with van der Waals surface area (Å²) in [5.74, 6) is -0.759. The van der Waals surface area contributed by atoms with E-state index < -0.39 is 16.1 Å². The molecular formula is C25H23FN4O3S2. The Hall–Kier alpha value is -3.21. The normalized spacial score (nSPS) is 16.6. The third-order valence-corrected chi connectivity index (χ3v) is 8.96. The Bertz CT molecular complexity index is 1470. The quantitative estimate of drug-likeness (QED) is 0.381. The van der Waals surface area contributed by atoms with Crippen molar-refractivity contribution in [2.45, 2.75) is 37.2 Å². The largest absolute Gasteiger partial charge is 0.281 e. The van der Waals surface area contributed by atoms with Crippen LogP contribution in [0.5, 0.6) is 0 Å². The minimum absolute atomic E-state index is 0.122. The van der Waals surface area contributed by atoms with Crippen LogP contribution in [0.15, 0.2) is 71.8 Å². The van der Waals surface area contributed by atoms with Gasteiger partial charge in [-0.3, -0.25) is 14.7 Å². The molecule has 1 unspecified atom stereocenters. The first-order valence-corrected chi connectivity index (χ1v) is 13.4. The molecule has 0 aliphatic carbocycles. The second kappa shape index (κ2) is 9.44. The van der Waals surface area contributed by atoms with Gasteiger partial charge < -0.3 is 0 Å². The summed E-state index contributed by atoms with van der Waals surface area (Å²) >= 11 is 1.19. The molecule has 4 aromatic rings. The molecule has 0 bridgehead atoms. The maximum absolute atomic E-state index is 13.9. The summed E-state index contributed by atoms with van der Waals surface area (Å²) in [5.41, 5.74) is 2.16. The van der Waals surface area contributed by atoms with E-state index in [1.54, 1.807) is 48.7 Å². The van der Waals surface area contributed by atoms with Gasteiger partial charge >= 0.3 is 0 Å². The number of rotatable bonds is 6. The van der Waals surface area contributed by atoms with Gasteiger partial charge in [-0.05, 0) is 62.2 Å². The minimum Gasteiger partial charge on any atom is -0.281 e. The van der Waals surface area contributed by atoms with Crippen LogP contribution in [-0.2, 0) is 21.4 Å². The molecule has 1 fully saturated rings. The molecule has 35 heavy (non-hydrogen) atoms. The van der Waals surface area contributed by atoms with E-state index in [4.69, 9.17) is 0 Å². The van der Waals surface area contributed by atoms with Gasteiger partial charge in [-0.15, -0.1) is 0 Å². The molecule has 5 rings (SSSR count). The third-order valence-electron chi connectivity index (χ3n) is 6.00. The highest BCUT2D eigenvalue weighted by Crippen LogP contribution is 2.33. The molecular weight excluding hydrogens is 487 g/mol. The van der Waals surface area contributed by atoms with E-state index in [-0.39, 0.29) is 29.7 Å². The lowest BCUT2D eigenvalue weighted by molar-refractivity contribution is -0.121. The molecule has 3 heterocycles. The van der Waals surface area contributed by atoms with Gasteiger partial charge in [0.1, 0.15) is 11.9 Å². The average Bonchev–Trinajstić information content (AvgIpc) is 3.50. The van der Waals surface area contributed by atoms with Gasteiger partial charge in [0, 0.05) is 12.7 Å². The van der Waals surface area contributed by atoms with Gasteiger partial charge in [0.2, 0.25) is 15.9 Å². The predicted octanol–water partition coefficient (Wildman–Crippen LogP) is 4.53. The Morgan fingerprint density at radius 2 is 1.97 bits per heavy atom. The molecule has 0 saturated carbocycles. The van der Waals surface area contributed by atoms with Crippen molar-refractivity contribution < 1.29 is 17.6 Å². The Labute approximate surface area is 206 Å². The molecule has 2 aromatic heterocycles. The molecule has 0 spiro atoms. The van der Waals surface area contributed by atoms with Crippen molar-refractivity contribution in [2.24, 2.45) is 0 Å². The van der Waals surface area contributed by atoms with Gasteiger partial charge in [-0.1, -0.05) is 35.1 Å². The highest BCUT2D eigenvalue weighted by molar-refractivity contribution is 7.89. The number of thiazole rings is 1. The number of hydrogen-bond donors (Lipinski definition) is 0. The number of hydrogen-bond acceptors (Lipinski definition) is 6. The number of nitrogens with zero attached hydrogens (tertiary/aromatic N) is 4. The fourth-order valence-corrected chi connectivity index (χ4v) is 6.84. The molecule has 10 heteroatoms. The zero-order chi connectivity index (χ0) is 24.6. The van der Waals surface area contributed by atoms with Crippen LogP contribution in [-0.4, -0.2) is 41.2 Å². The van der Waals surface area contributed by atoms with Crippen molar-refractivity contribution >= 4 is 42.6 Å². The van der Waals surface area contributed by atoms with Crippen molar-refractivity contribution in [3.63, 3.8) is 0 Å². The number of aromatic nitrogens is 2. The molecule has 0 N–H and O–H groups in total. The first-order chi connectivity index (χ1) is 16.8. The van der Waals surface area contributed by atoms with Crippen molar-refractivity contribution in [2.75, 3.05) is 11.4 Å². The smallest absolute Gasteiger partial charge is 0.247 e. The summed E-state index contributed by atoms with van der Waals surface area (Å²) in [7, 11) is -3.86. The van der Waals surface area contributed by atoms with Gasteiger partial charge in [0.05, 0.1) is 27.4 Å². The van der Waals surface area contributed by atoms with E-state index >= 15 is 0 Å². The molecule has 1 aliphatic heterocycles. The van der Waals surface area contributed by atoms with Crippen LogP contribution >= 0.6 is 11.3 Å². The van der Waals surface area contributed by atoms with Crippen molar-refractivity contribution in [1.82, 2.24) is 14.3 Å². The van der Waals surface area contributed by atoms with Crippen molar-refractivity contribution in [1.29, 1.82) is 0 Å². The summed E-state index contributed by atoms with van der Waals surface area (Å²) in [4.78, 5) is 24.4. The van der Waals surface area contributed by atoms with Crippen LogP contribution in [0.4, 0.5) is 9.52 Å². The highest BCUT2D eigenvalue weighted by Gasteiger charge is 2.42. The maximum Gasteiger partial charge on any atom is 0.247 e. The van der Waals surface area contributed by atoms with E-state index in [0.29, 0.717) is 33.9 Å². The summed E-state index contributed by atoms with van der Waals surface area (Å²) in [6, 6.07) is 15.4. The number of sulfonamides is 1. The Morgan fingerprint density at radius 3 is 2.71 bits per heavy atom. The van der Waals surface area contributed by atoms with E-state index in [0.717, 1.165) is 5.56 Å². The number of carbonyl (C=O) groups is 1. The summed E-state index contributed by atoms with van der Waals surface area (Å²) in [5, 5.41) is 0.376. The Morgan fingerprint density at radius 1 is 1.17 bits per heavy atom. The van der Waals surface area contributed by atoms with Crippen LogP contribution in [0, 0.1) is 12.7 Å². The number of halogens is 1. The summed E-state index contributed by atoms with van der Waals surface area (Å²) < 4.78 is 42.6. The first-order valence-electron chi connectivity index (χ1n) is 11.2. The van der Waals surface area contributed by atoms with Crippen LogP contribution in [0.3, 0.4) is 0 Å². The summed E-state index contributed by atoms with van der Waals surface area (Å²) in [6.07, 6.45) is 2.61. The second-order valence-electron chi connectivity index (χ2n) is 8.44. The molecule has 180 valence electrons. The number of carbonyl (C=O) groups excluding carboxylic acids is 1. The number of amides is 1. The Balaban J connectivity index is 1.52. The third kappa shape index (κ3) is 4.69. The van der Waals surface area contributed by atoms with Crippen molar-refractivity contribution in [3.05, 3.63) is 83.9 Å². The average molecular weight is 511 g/mol. The topological polar surface area (TPSA) is 83.5 Å². The minimum atomic E-state index is -3.86. The van der Waals surface area contributed by atoms with E-state index in [9.17, 15) is 17.6 Å². The van der Waals surface area contributed by atoms with Crippen molar-refractivity contribution in [3.8, 4) is 0 Å². The Kier molecular flexibility index (Phi) is 6.35. The molecule has 7 nitrogen and oxygen atoms in total. The fraction of sp³-hybridized carbons (Fsp3) is 0.240. The molecule has 0 radical (unpaired) electrons. The molecule has 1 amide bonds. The summed E-state index contributed by atoms with van der Waals surface area (Å²) in [6.45, 7) is 2.27. The zero-order valence-electron chi connectivity index (χ0n) is 19.0.